The predicted molar refractivity (Wildman–Crippen MR) is 74.4 cm³/mol. The Kier molecular flexibility index (Phi) is 4.07. The third-order valence-corrected chi connectivity index (χ3v) is 3.63. The topological polar surface area (TPSA) is 97.5 Å². The molecule has 2 heterocycles. The molecule has 3 rings (SSSR count). The number of hydrogen-bond acceptors (Lipinski definition) is 5. The van der Waals surface area contributed by atoms with E-state index >= 15 is 0 Å². The van der Waals surface area contributed by atoms with Crippen LogP contribution in [0.2, 0.25) is 0 Å². The third-order valence-electron chi connectivity index (χ3n) is 3.63. The lowest BCUT2D eigenvalue weighted by Crippen LogP contribution is -2.50. The minimum absolute atomic E-state index is 0.0152. The molecule has 25 heavy (non-hydrogen) atoms. The fraction of sp³-hybridized carbons (Fsp3) is 0.286. The van der Waals surface area contributed by atoms with Crippen molar-refractivity contribution in [2.45, 2.75) is 25.5 Å². The largest absolute Gasteiger partial charge is 0.573 e. The Hall–Kier alpha value is -3.11. The minimum atomic E-state index is -4.84. The standard InChI is InChI=1S/C14H11F3N4O4/c15-14(16,17)25-9-3-1-8(2-4-9)12(22)21-6-11-19-18-7-20(11)5-10(21)13(23)24/h1-4,7,10H,5-6H2,(H,23,24). The fourth-order valence-corrected chi connectivity index (χ4v) is 2.49. The molecule has 0 bridgehead atoms. The Balaban J connectivity index is 1.82. The zero-order valence-electron chi connectivity index (χ0n) is 12.5. The zero-order valence-corrected chi connectivity index (χ0v) is 12.5. The predicted octanol–water partition coefficient (Wildman–Crippen LogP) is 1.29. The smallest absolute Gasteiger partial charge is 0.480 e. The number of nitrogens with zero attached hydrogens (tertiary/aromatic N) is 4. The van der Waals surface area contributed by atoms with Crippen molar-refractivity contribution in [1.29, 1.82) is 0 Å². The number of carboxylic acids is 1. The summed E-state index contributed by atoms with van der Waals surface area (Å²) in [4.78, 5) is 25.1. The van der Waals surface area contributed by atoms with E-state index < -0.39 is 30.0 Å². The maximum absolute atomic E-state index is 12.6. The molecule has 132 valence electrons. The van der Waals surface area contributed by atoms with Crippen molar-refractivity contribution >= 4 is 11.9 Å². The summed E-state index contributed by atoms with van der Waals surface area (Å²) in [7, 11) is 0. The lowest BCUT2D eigenvalue weighted by molar-refractivity contribution is -0.274. The van der Waals surface area contributed by atoms with Crippen molar-refractivity contribution in [3.05, 3.63) is 42.0 Å². The van der Waals surface area contributed by atoms with Crippen LogP contribution in [0, 0.1) is 0 Å². The number of amides is 1. The number of carbonyl (C=O) groups is 2. The van der Waals surface area contributed by atoms with Gasteiger partial charge in [0.15, 0.2) is 5.82 Å². The van der Waals surface area contributed by atoms with Gasteiger partial charge in [0.25, 0.3) is 5.91 Å². The number of carbonyl (C=O) groups excluding carboxylic acids is 1. The lowest BCUT2D eigenvalue weighted by atomic mass is 10.1. The number of hydrogen-bond donors (Lipinski definition) is 1. The van der Waals surface area contributed by atoms with Gasteiger partial charge in [-0.1, -0.05) is 0 Å². The Bertz CT molecular complexity index is 803. The first-order valence-electron chi connectivity index (χ1n) is 7.01. The highest BCUT2D eigenvalue weighted by Crippen LogP contribution is 2.24. The Morgan fingerprint density at radius 3 is 2.52 bits per heavy atom. The average Bonchev–Trinajstić information content (AvgIpc) is 2.99. The molecule has 0 saturated carbocycles. The van der Waals surface area contributed by atoms with Crippen molar-refractivity contribution in [2.24, 2.45) is 0 Å². The zero-order chi connectivity index (χ0) is 18.2. The first-order valence-corrected chi connectivity index (χ1v) is 7.01. The molecule has 11 heteroatoms. The van der Waals surface area contributed by atoms with Crippen molar-refractivity contribution in [1.82, 2.24) is 19.7 Å². The number of fused-ring (bicyclic) bond motifs is 1. The molecule has 0 spiro atoms. The highest BCUT2D eigenvalue weighted by molar-refractivity contribution is 5.96. The number of rotatable bonds is 3. The van der Waals surface area contributed by atoms with E-state index in [1.54, 1.807) is 0 Å². The summed E-state index contributed by atoms with van der Waals surface area (Å²) in [6, 6.07) is 3.12. The summed E-state index contributed by atoms with van der Waals surface area (Å²) < 4.78 is 41.8. The highest BCUT2D eigenvalue weighted by atomic mass is 19.4. The van der Waals surface area contributed by atoms with Gasteiger partial charge in [-0.05, 0) is 24.3 Å². The van der Waals surface area contributed by atoms with Gasteiger partial charge in [0.1, 0.15) is 18.1 Å². The summed E-state index contributed by atoms with van der Waals surface area (Å²) in [6.07, 6.45) is -3.47. The third kappa shape index (κ3) is 3.54. The quantitative estimate of drug-likeness (QED) is 0.890. The maximum Gasteiger partial charge on any atom is 0.573 e. The van der Waals surface area contributed by atoms with Gasteiger partial charge >= 0.3 is 12.3 Å². The summed E-state index contributed by atoms with van der Waals surface area (Å²) in [5.41, 5.74) is 0.0359. The van der Waals surface area contributed by atoms with Crippen LogP contribution in [0.4, 0.5) is 13.2 Å². The van der Waals surface area contributed by atoms with Gasteiger partial charge in [0, 0.05) is 5.56 Å². The molecule has 1 aromatic heterocycles. The van der Waals surface area contributed by atoms with Gasteiger partial charge < -0.3 is 19.3 Å². The van der Waals surface area contributed by atoms with Crippen molar-refractivity contribution in [3.8, 4) is 5.75 Å². The molecule has 0 fully saturated rings. The fourth-order valence-electron chi connectivity index (χ4n) is 2.49. The van der Waals surface area contributed by atoms with Crippen LogP contribution in [-0.4, -0.2) is 49.1 Å². The van der Waals surface area contributed by atoms with Crippen LogP contribution in [0.15, 0.2) is 30.6 Å². The molecule has 0 radical (unpaired) electrons. The van der Waals surface area contributed by atoms with Crippen LogP contribution in [0.1, 0.15) is 16.2 Å². The van der Waals surface area contributed by atoms with E-state index in [2.05, 4.69) is 14.9 Å². The van der Waals surface area contributed by atoms with E-state index in [9.17, 15) is 27.9 Å². The van der Waals surface area contributed by atoms with Crippen molar-refractivity contribution < 1.29 is 32.6 Å². The second kappa shape index (κ2) is 6.07. The van der Waals surface area contributed by atoms with Crippen molar-refractivity contribution in [2.75, 3.05) is 0 Å². The first-order chi connectivity index (χ1) is 11.7. The molecular formula is C14H11F3N4O4. The monoisotopic (exact) mass is 356 g/mol. The highest BCUT2D eigenvalue weighted by Gasteiger charge is 2.36. The minimum Gasteiger partial charge on any atom is -0.480 e. The van der Waals surface area contributed by atoms with Gasteiger partial charge in [-0.25, -0.2) is 4.79 Å². The van der Waals surface area contributed by atoms with Gasteiger partial charge in [-0.15, -0.1) is 23.4 Å². The van der Waals surface area contributed by atoms with E-state index in [0.29, 0.717) is 5.82 Å². The number of carboxylic acid groups (broad SMARTS) is 1. The van der Waals surface area contributed by atoms with Crippen molar-refractivity contribution in [3.63, 3.8) is 0 Å². The van der Waals surface area contributed by atoms with Crippen LogP contribution in [-0.2, 0) is 17.9 Å². The Morgan fingerprint density at radius 2 is 1.92 bits per heavy atom. The SMILES string of the molecule is O=C(O)C1Cn2cnnc2CN1C(=O)c1ccc(OC(F)(F)F)cc1. The van der Waals surface area contributed by atoms with Crippen LogP contribution < -0.4 is 4.74 Å². The Morgan fingerprint density at radius 1 is 1.24 bits per heavy atom. The molecule has 0 saturated heterocycles. The molecule has 1 N–H and O–H groups in total. The number of benzene rings is 1. The second-order valence-corrected chi connectivity index (χ2v) is 5.26. The molecule has 2 aromatic rings. The normalized spacial score (nSPS) is 17.1. The number of halogens is 3. The molecule has 0 aliphatic carbocycles. The molecule has 1 atom stereocenters. The first kappa shape index (κ1) is 16.7. The lowest BCUT2D eigenvalue weighted by Gasteiger charge is -2.33. The van der Waals surface area contributed by atoms with Gasteiger partial charge in [-0.2, -0.15) is 0 Å². The molecule has 1 aliphatic heterocycles. The molecule has 1 unspecified atom stereocenters. The maximum atomic E-state index is 12.6. The average molecular weight is 356 g/mol. The number of aliphatic carboxylic acids is 1. The molecular weight excluding hydrogens is 345 g/mol. The van der Waals surface area contributed by atoms with Crippen LogP contribution in [0.25, 0.3) is 0 Å². The molecule has 1 amide bonds. The van der Waals surface area contributed by atoms with Gasteiger partial charge in [0.05, 0.1) is 13.1 Å². The molecule has 1 aliphatic rings. The van der Waals surface area contributed by atoms with E-state index in [1.807, 2.05) is 0 Å². The summed E-state index contributed by atoms with van der Waals surface area (Å²) in [5.74, 6) is -1.90. The van der Waals surface area contributed by atoms with Gasteiger partial charge in [-0.3, -0.25) is 4.79 Å². The van der Waals surface area contributed by atoms with Gasteiger partial charge in [0.2, 0.25) is 0 Å². The van der Waals surface area contributed by atoms with E-state index in [4.69, 9.17) is 0 Å². The van der Waals surface area contributed by atoms with Crippen LogP contribution in [0.5, 0.6) is 5.75 Å². The number of alkyl halides is 3. The summed E-state index contributed by atoms with van der Waals surface area (Å²) in [6.45, 7) is -0.0880. The van der Waals surface area contributed by atoms with Crippen LogP contribution in [0.3, 0.4) is 0 Å². The summed E-state index contributed by atoms with van der Waals surface area (Å²) in [5, 5.41) is 16.8. The van der Waals surface area contributed by atoms with E-state index in [0.717, 1.165) is 29.2 Å². The summed E-state index contributed by atoms with van der Waals surface area (Å²) >= 11 is 0. The van der Waals surface area contributed by atoms with Crippen LogP contribution >= 0.6 is 0 Å². The second-order valence-electron chi connectivity index (χ2n) is 5.26. The number of ether oxygens (including phenoxy) is 1. The Labute approximate surface area is 138 Å². The molecule has 8 nitrogen and oxygen atoms in total. The number of aromatic nitrogens is 3. The molecule has 1 aromatic carbocycles. The van der Waals surface area contributed by atoms with E-state index in [1.165, 1.54) is 10.9 Å². The van der Waals surface area contributed by atoms with E-state index in [-0.39, 0.29) is 18.7 Å².